The molecular weight excluding hydrogens is 294 g/mol. The summed E-state index contributed by atoms with van der Waals surface area (Å²) in [5, 5.41) is 6.91. The number of aromatic nitrogens is 2. The molecule has 20 heavy (non-hydrogen) atoms. The minimum absolute atomic E-state index is 0.125. The molecule has 1 heterocycles. The molecule has 1 aromatic heterocycles. The monoisotopic (exact) mass is 309 g/mol. The van der Waals surface area contributed by atoms with Gasteiger partial charge in [-0.25, -0.2) is 0 Å². The molecule has 0 fully saturated rings. The zero-order chi connectivity index (χ0) is 14.5. The van der Waals surface area contributed by atoms with Crippen molar-refractivity contribution in [2.45, 2.75) is 32.2 Å². The third kappa shape index (κ3) is 3.55. The van der Waals surface area contributed by atoms with E-state index in [1.165, 1.54) is 0 Å². The van der Waals surface area contributed by atoms with Crippen LogP contribution in [0.4, 0.5) is 0 Å². The van der Waals surface area contributed by atoms with E-state index in [9.17, 15) is 4.79 Å². The standard InChI is InChI=1S/C14H16ClN3OS/c1-9(2)12-13(20-18-17-12)14(19)16-8-11-5-3-4-10(6-11)7-15/h3-6,9H,7-8H2,1-2H3,(H,16,19). The van der Waals surface area contributed by atoms with Crippen molar-refractivity contribution < 1.29 is 4.79 Å². The first-order valence-corrected chi connectivity index (χ1v) is 7.67. The molecule has 0 spiro atoms. The van der Waals surface area contributed by atoms with E-state index < -0.39 is 0 Å². The molecule has 0 aliphatic heterocycles. The Morgan fingerprint density at radius 1 is 1.40 bits per heavy atom. The predicted molar refractivity (Wildman–Crippen MR) is 81.2 cm³/mol. The number of amides is 1. The van der Waals surface area contributed by atoms with Gasteiger partial charge < -0.3 is 5.32 Å². The molecule has 0 bridgehead atoms. The topological polar surface area (TPSA) is 54.9 Å². The molecular formula is C14H16ClN3OS. The summed E-state index contributed by atoms with van der Waals surface area (Å²) in [6.07, 6.45) is 0. The van der Waals surface area contributed by atoms with Crippen molar-refractivity contribution in [2.24, 2.45) is 0 Å². The fourth-order valence-corrected chi connectivity index (χ4v) is 2.72. The van der Waals surface area contributed by atoms with Crippen LogP contribution in [0, 0.1) is 0 Å². The molecule has 0 atom stereocenters. The number of nitrogens with zero attached hydrogens (tertiary/aromatic N) is 2. The maximum atomic E-state index is 12.2. The summed E-state index contributed by atoms with van der Waals surface area (Å²) in [5.74, 6) is 0.534. The highest BCUT2D eigenvalue weighted by molar-refractivity contribution is 7.08. The summed E-state index contributed by atoms with van der Waals surface area (Å²) in [5.41, 5.74) is 2.82. The highest BCUT2D eigenvalue weighted by atomic mass is 35.5. The van der Waals surface area contributed by atoms with Crippen LogP contribution in [0.5, 0.6) is 0 Å². The number of carbonyl (C=O) groups is 1. The Labute approximate surface area is 127 Å². The molecule has 1 aromatic carbocycles. The van der Waals surface area contributed by atoms with E-state index in [-0.39, 0.29) is 11.8 Å². The van der Waals surface area contributed by atoms with E-state index in [2.05, 4.69) is 14.9 Å². The zero-order valence-electron chi connectivity index (χ0n) is 11.4. The Kier molecular flexibility index (Phi) is 5.09. The molecule has 0 aliphatic carbocycles. The number of carbonyl (C=O) groups excluding carboxylic acids is 1. The average Bonchev–Trinajstić information content (AvgIpc) is 2.94. The van der Waals surface area contributed by atoms with Crippen molar-refractivity contribution in [3.8, 4) is 0 Å². The van der Waals surface area contributed by atoms with Gasteiger partial charge in [0.1, 0.15) is 4.88 Å². The first-order valence-electron chi connectivity index (χ1n) is 6.36. The molecule has 6 heteroatoms. The maximum absolute atomic E-state index is 12.2. The van der Waals surface area contributed by atoms with Crippen molar-refractivity contribution in [1.82, 2.24) is 14.9 Å². The van der Waals surface area contributed by atoms with Gasteiger partial charge in [0.05, 0.1) is 5.69 Å². The SMILES string of the molecule is CC(C)c1nnsc1C(=O)NCc1cccc(CCl)c1. The molecule has 0 aliphatic rings. The van der Waals surface area contributed by atoms with E-state index in [4.69, 9.17) is 11.6 Å². The van der Waals surface area contributed by atoms with Crippen molar-refractivity contribution in [3.05, 3.63) is 46.0 Å². The van der Waals surface area contributed by atoms with Crippen molar-refractivity contribution in [3.63, 3.8) is 0 Å². The van der Waals surface area contributed by atoms with Gasteiger partial charge in [0.15, 0.2) is 0 Å². The highest BCUT2D eigenvalue weighted by Gasteiger charge is 2.18. The van der Waals surface area contributed by atoms with E-state index in [1.54, 1.807) is 0 Å². The first kappa shape index (κ1) is 14.9. The Bertz CT molecular complexity index is 598. The first-order chi connectivity index (χ1) is 9.61. The van der Waals surface area contributed by atoms with Gasteiger partial charge in [-0.1, -0.05) is 42.6 Å². The molecule has 0 unspecified atom stereocenters. The molecule has 0 radical (unpaired) electrons. The molecule has 0 saturated heterocycles. The lowest BCUT2D eigenvalue weighted by Crippen LogP contribution is -2.23. The van der Waals surface area contributed by atoms with Gasteiger partial charge >= 0.3 is 0 Å². The van der Waals surface area contributed by atoms with Crippen molar-refractivity contribution in [2.75, 3.05) is 0 Å². The lowest BCUT2D eigenvalue weighted by Gasteiger charge is -2.07. The number of hydrogen-bond acceptors (Lipinski definition) is 4. The quantitative estimate of drug-likeness (QED) is 0.862. The van der Waals surface area contributed by atoms with Gasteiger partial charge in [-0.3, -0.25) is 4.79 Å². The van der Waals surface area contributed by atoms with Crippen LogP contribution in [0.15, 0.2) is 24.3 Å². The summed E-state index contributed by atoms with van der Waals surface area (Å²) < 4.78 is 3.86. The molecule has 4 nitrogen and oxygen atoms in total. The van der Waals surface area contributed by atoms with Crippen LogP contribution in [-0.4, -0.2) is 15.5 Å². The fourth-order valence-electron chi connectivity index (χ4n) is 1.82. The highest BCUT2D eigenvalue weighted by Crippen LogP contribution is 2.19. The Morgan fingerprint density at radius 2 is 2.15 bits per heavy atom. The summed E-state index contributed by atoms with van der Waals surface area (Å²) in [4.78, 5) is 12.7. The summed E-state index contributed by atoms with van der Waals surface area (Å²) in [7, 11) is 0. The van der Waals surface area contributed by atoms with Gasteiger partial charge in [0.25, 0.3) is 5.91 Å². The van der Waals surface area contributed by atoms with E-state index in [0.717, 1.165) is 28.4 Å². The zero-order valence-corrected chi connectivity index (χ0v) is 13.0. The second-order valence-electron chi connectivity index (χ2n) is 4.78. The Morgan fingerprint density at radius 3 is 2.85 bits per heavy atom. The number of nitrogens with one attached hydrogen (secondary N) is 1. The minimum Gasteiger partial charge on any atom is -0.347 e. The van der Waals surface area contributed by atoms with Gasteiger partial charge in [-0.2, -0.15) is 0 Å². The fraction of sp³-hybridized carbons (Fsp3) is 0.357. The van der Waals surface area contributed by atoms with Crippen LogP contribution < -0.4 is 5.32 Å². The van der Waals surface area contributed by atoms with Crippen LogP contribution in [-0.2, 0) is 12.4 Å². The molecule has 106 valence electrons. The minimum atomic E-state index is -0.125. The lowest BCUT2D eigenvalue weighted by atomic mass is 10.1. The van der Waals surface area contributed by atoms with E-state index in [0.29, 0.717) is 17.3 Å². The Balaban J connectivity index is 2.03. The molecule has 2 aromatic rings. The molecule has 0 saturated carbocycles. The van der Waals surface area contributed by atoms with Gasteiger partial charge in [0.2, 0.25) is 0 Å². The molecule has 1 N–H and O–H groups in total. The second-order valence-corrected chi connectivity index (χ2v) is 5.80. The van der Waals surface area contributed by atoms with E-state index in [1.807, 2.05) is 38.1 Å². The van der Waals surface area contributed by atoms with Crippen LogP contribution >= 0.6 is 23.1 Å². The number of halogens is 1. The van der Waals surface area contributed by atoms with Crippen LogP contribution in [0.3, 0.4) is 0 Å². The lowest BCUT2D eigenvalue weighted by molar-refractivity contribution is 0.0953. The average molecular weight is 310 g/mol. The number of hydrogen-bond donors (Lipinski definition) is 1. The van der Waals surface area contributed by atoms with Crippen LogP contribution in [0.2, 0.25) is 0 Å². The van der Waals surface area contributed by atoms with Crippen molar-refractivity contribution in [1.29, 1.82) is 0 Å². The third-order valence-electron chi connectivity index (χ3n) is 2.87. The number of benzene rings is 1. The summed E-state index contributed by atoms with van der Waals surface area (Å²) >= 11 is 6.93. The number of rotatable bonds is 5. The largest absolute Gasteiger partial charge is 0.347 e. The summed E-state index contributed by atoms with van der Waals surface area (Å²) in [6, 6.07) is 7.85. The van der Waals surface area contributed by atoms with Crippen LogP contribution in [0.1, 0.15) is 46.3 Å². The third-order valence-corrected chi connectivity index (χ3v) is 3.91. The van der Waals surface area contributed by atoms with Gasteiger partial charge in [0, 0.05) is 12.4 Å². The molecule has 2 rings (SSSR count). The Hall–Kier alpha value is -1.46. The smallest absolute Gasteiger partial charge is 0.265 e. The molecule has 1 amide bonds. The van der Waals surface area contributed by atoms with E-state index >= 15 is 0 Å². The predicted octanol–water partition coefficient (Wildman–Crippen LogP) is 3.33. The maximum Gasteiger partial charge on any atom is 0.265 e. The van der Waals surface area contributed by atoms with Gasteiger partial charge in [-0.15, -0.1) is 16.7 Å². The van der Waals surface area contributed by atoms with Crippen LogP contribution in [0.25, 0.3) is 0 Å². The van der Waals surface area contributed by atoms with Gasteiger partial charge in [-0.05, 0) is 28.6 Å². The normalized spacial score (nSPS) is 10.8. The second kappa shape index (κ2) is 6.81. The number of alkyl halides is 1. The van der Waals surface area contributed by atoms with Crippen molar-refractivity contribution >= 4 is 29.0 Å². The summed E-state index contributed by atoms with van der Waals surface area (Å²) in [6.45, 7) is 4.47.